The highest BCUT2D eigenvalue weighted by Crippen LogP contribution is 2.22. The van der Waals surface area contributed by atoms with Crippen LogP contribution in [-0.4, -0.2) is 22.6 Å². The van der Waals surface area contributed by atoms with Gasteiger partial charge in [0.05, 0.1) is 0 Å². The number of benzene rings is 1. The van der Waals surface area contributed by atoms with Gasteiger partial charge in [0, 0.05) is 13.1 Å². The molecule has 74 valence electrons. The number of phenols is 1. The van der Waals surface area contributed by atoms with Crippen LogP contribution >= 0.6 is 0 Å². The van der Waals surface area contributed by atoms with E-state index in [4.69, 9.17) is 5.73 Å². The van der Waals surface area contributed by atoms with Crippen molar-refractivity contribution in [3.8, 4) is 5.75 Å². The van der Waals surface area contributed by atoms with Gasteiger partial charge < -0.3 is 15.7 Å². The Bertz CT molecular complexity index is 376. The number of aromatic hydroxyl groups is 1. The predicted octanol–water partition coefficient (Wildman–Crippen LogP) is 0.829. The first-order valence-electron chi connectivity index (χ1n) is 4.52. The van der Waals surface area contributed by atoms with Crippen LogP contribution in [0.3, 0.4) is 0 Å². The largest absolute Gasteiger partial charge is 0.508 e. The van der Waals surface area contributed by atoms with Gasteiger partial charge in [-0.2, -0.15) is 0 Å². The van der Waals surface area contributed by atoms with Crippen LogP contribution < -0.4 is 5.73 Å². The van der Waals surface area contributed by atoms with Crippen molar-refractivity contribution in [2.75, 3.05) is 6.54 Å². The lowest BCUT2D eigenvalue weighted by molar-refractivity contribution is 0.202. The Morgan fingerprint density at radius 3 is 2.93 bits per heavy atom. The van der Waals surface area contributed by atoms with Gasteiger partial charge in [0.15, 0.2) is 0 Å². The van der Waals surface area contributed by atoms with Crippen molar-refractivity contribution in [2.24, 2.45) is 5.73 Å². The smallest absolute Gasteiger partial charge is 0.315 e. The number of amides is 2. The Morgan fingerprint density at radius 2 is 2.21 bits per heavy atom. The zero-order valence-electron chi connectivity index (χ0n) is 7.73. The third-order valence-corrected chi connectivity index (χ3v) is 2.51. The molecule has 4 heteroatoms. The van der Waals surface area contributed by atoms with E-state index in [0.717, 1.165) is 17.5 Å². The molecule has 0 saturated carbocycles. The molecule has 0 atom stereocenters. The molecule has 0 spiro atoms. The van der Waals surface area contributed by atoms with E-state index in [1.807, 2.05) is 6.07 Å². The first-order chi connectivity index (χ1) is 6.66. The molecule has 0 aromatic heterocycles. The Balaban J connectivity index is 2.27. The molecule has 0 fully saturated rings. The first-order valence-corrected chi connectivity index (χ1v) is 4.52. The van der Waals surface area contributed by atoms with E-state index in [1.165, 1.54) is 0 Å². The molecular formula is C10H12N2O2. The van der Waals surface area contributed by atoms with Crippen molar-refractivity contribution in [3.05, 3.63) is 29.3 Å². The monoisotopic (exact) mass is 192 g/mol. The molecule has 2 amide bonds. The van der Waals surface area contributed by atoms with Crippen LogP contribution in [0.2, 0.25) is 0 Å². The Hall–Kier alpha value is -1.71. The van der Waals surface area contributed by atoms with E-state index >= 15 is 0 Å². The van der Waals surface area contributed by atoms with Crippen molar-refractivity contribution < 1.29 is 9.90 Å². The Kier molecular flexibility index (Phi) is 2.04. The van der Waals surface area contributed by atoms with Crippen molar-refractivity contribution in [3.63, 3.8) is 0 Å². The van der Waals surface area contributed by atoms with E-state index in [1.54, 1.807) is 17.0 Å². The number of carbonyl (C=O) groups excluding carboxylic acids is 1. The van der Waals surface area contributed by atoms with Crippen molar-refractivity contribution in [1.29, 1.82) is 0 Å². The molecule has 0 bridgehead atoms. The summed E-state index contributed by atoms with van der Waals surface area (Å²) < 4.78 is 0. The quantitative estimate of drug-likeness (QED) is 0.639. The maximum absolute atomic E-state index is 10.9. The van der Waals surface area contributed by atoms with Gasteiger partial charge in [-0.3, -0.25) is 0 Å². The molecular weight excluding hydrogens is 180 g/mol. The maximum atomic E-state index is 10.9. The van der Waals surface area contributed by atoms with Crippen LogP contribution in [0.5, 0.6) is 5.75 Å². The molecule has 14 heavy (non-hydrogen) atoms. The highest BCUT2D eigenvalue weighted by atomic mass is 16.3. The fourth-order valence-corrected chi connectivity index (χ4v) is 1.73. The average Bonchev–Trinajstić information content (AvgIpc) is 2.16. The van der Waals surface area contributed by atoms with Gasteiger partial charge >= 0.3 is 6.03 Å². The van der Waals surface area contributed by atoms with Crippen LogP contribution in [0.25, 0.3) is 0 Å². The fourth-order valence-electron chi connectivity index (χ4n) is 1.73. The normalized spacial score (nSPS) is 15.0. The lowest BCUT2D eigenvalue weighted by atomic mass is 10.00. The van der Waals surface area contributed by atoms with Crippen LogP contribution in [0.4, 0.5) is 4.79 Å². The van der Waals surface area contributed by atoms with Gasteiger partial charge in [-0.05, 0) is 29.7 Å². The molecule has 0 saturated heterocycles. The molecule has 0 unspecified atom stereocenters. The second kappa shape index (κ2) is 3.21. The van der Waals surface area contributed by atoms with Gasteiger partial charge in [0.2, 0.25) is 0 Å². The van der Waals surface area contributed by atoms with Gasteiger partial charge in [-0.25, -0.2) is 4.79 Å². The molecule has 0 aliphatic carbocycles. The minimum absolute atomic E-state index is 0.274. The minimum atomic E-state index is -0.385. The maximum Gasteiger partial charge on any atom is 0.315 e. The van der Waals surface area contributed by atoms with Gasteiger partial charge in [0.25, 0.3) is 0 Å². The van der Waals surface area contributed by atoms with Crippen LogP contribution in [0.1, 0.15) is 11.1 Å². The number of phenolic OH excluding ortho intramolecular Hbond substituents is 1. The van der Waals surface area contributed by atoms with E-state index < -0.39 is 0 Å². The molecule has 1 heterocycles. The molecule has 3 N–H and O–H groups in total. The summed E-state index contributed by atoms with van der Waals surface area (Å²) in [6, 6.07) is 4.82. The van der Waals surface area contributed by atoms with Crippen molar-refractivity contribution in [1.82, 2.24) is 4.90 Å². The van der Waals surface area contributed by atoms with E-state index in [2.05, 4.69) is 0 Å². The molecule has 1 aromatic rings. The summed E-state index contributed by atoms with van der Waals surface area (Å²) in [4.78, 5) is 12.5. The third-order valence-electron chi connectivity index (χ3n) is 2.51. The summed E-state index contributed by atoms with van der Waals surface area (Å²) in [6.45, 7) is 1.18. The highest BCUT2D eigenvalue weighted by Gasteiger charge is 2.18. The number of rotatable bonds is 0. The summed E-state index contributed by atoms with van der Waals surface area (Å²) in [5.74, 6) is 0.274. The minimum Gasteiger partial charge on any atom is -0.508 e. The van der Waals surface area contributed by atoms with Gasteiger partial charge in [0.1, 0.15) is 5.75 Å². The number of hydrogen-bond donors (Lipinski definition) is 2. The number of nitrogens with zero attached hydrogens (tertiary/aromatic N) is 1. The number of carbonyl (C=O) groups is 1. The average molecular weight is 192 g/mol. The summed E-state index contributed by atoms with van der Waals surface area (Å²) in [5.41, 5.74) is 7.35. The standard InChI is InChI=1S/C10H12N2O2/c11-10(14)12-4-3-7-5-9(13)2-1-8(7)6-12/h1-2,5,13H,3-4,6H2,(H2,11,14). The number of hydrogen-bond acceptors (Lipinski definition) is 2. The van der Waals surface area contributed by atoms with Crippen molar-refractivity contribution in [2.45, 2.75) is 13.0 Å². The van der Waals surface area contributed by atoms with E-state index in [0.29, 0.717) is 13.1 Å². The molecule has 1 aliphatic heterocycles. The SMILES string of the molecule is NC(=O)N1CCc2cc(O)ccc2C1. The topological polar surface area (TPSA) is 66.6 Å². The second-order valence-electron chi connectivity index (χ2n) is 3.46. The van der Waals surface area contributed by atoms with Crippen molar-refractivity contribution >= 4 is 6.03 Å². The number of fused-ring (bicyclic) bond motifs is 1. The van der Waals surface area contributed by atoms with Crippen LogP contribution in [0, 0.1) is 0 Å². The van der Waals surface area contributed by atoms with E-state index in [-0.39, 0.29) is 11.8 Å². The zero-order chi connectivity index (χ0) is 10.1. The highest BCUT2D eigenvalue weighted by molar-refractivity contribution is 5.72. The molecule has 4 nitrogen and oxygen atoms in total. The summed E-state index contributed by atoms with van der Waals surface area (Å²) in [6.07, 6.45) is 0.757. The second-order valence-corrected chi connectivity index (χ2v) is 3.46. The Labute approximate surface area is 81.9 Å². The number of nitrogens with two attached hydrogens (primary N) is 1. The lowest BCUT2D eigenvalue weighted by Crippen LogP contribution is -2.39. The number of primary amides is 1. The molecule has 2 rings (SSSR count). The summed E-state index contributed by atoms with van der Waals surface area (Å²) >= 11 is 0. The van der Waals surface area contributed by atoms with Crippen LogP contribution in [-0.2, 0) is 13.0 Å². The Morgan fingerprint density at radius 1 is 1.43 bits per heavy atom. The molecule has 1 aliphatic rings. The fraction of sp³-hybridized carbons (Fsp3) is 0.300. The lowest BCUT2D eigenvalue weighted by Gasteiger charge is -2.27. The molecule has 0 radical (unpaired) electrons. The molecule has 1 aromatic carbocycles. The van der Waals surface area contributed by atoms with Crippen LogP contribution in [0.15, 0.2) is 18.2 Å². The number of urea groups is 1. The third kappa shape index (κ3) is 1.51. The zero-order valence-corrected chi connectivity index (χ0v) is 7.73. The predicted molar refractivity (Wildman–Crippen MR) is 51.8 cm³/mol. The van der Waals surface area contributed by atoms with E-state index in [9.17, 15) is 9.90 Å². The summed E-state index contributed by atoms with van der Waals surface area (Å²) in [5, 5.41) is 9.26. The first kappa shape index (κ1) is 8.87. The van der Waals surface area contributed by atoms with Gasteiger partial charge in [-0.15, -0.1) is 0 Å². The summed E-state index contributed by atoms with van der Waals surface area (Å²) in [7, 11) is 0. The van der Waals surface area contributed by atoms with Gasteiger partial charge in [-0.1, -0.05) is 6.07 Å².